The number of aliphatic hydroxyl groups excluding tert-OH is 1. The molecule has 0 saturated heterocycles. The van der Waals surface area contributed by atoms with E-state index < -0.39 is 23.8 Å². The smallest absolute Gasteiger partial charge is 0.408 e. The summed E-state index contributed by atoms with van der Waals surface area (Å²) in [6, 6.07) is 5.91. The number of rotatable bonds is 8. The Kier molecular flexibility index (Phi) is 7.63. The molecule has 3 N–H and O–H groups in total. The monoisotopic (exact) mass is 340 g/mol. The molecule has 0 unspecified atom stereocenters. The Labute approximate surface area is 143 Å². The standard InChI is InChI=1S/C18H29FN2O3/c1-13(21(17(23)24)18(2,3)4)16(22)12-20-11-5-6-14-7-9-15(19)10-8-14/h7-10,13,16,20,22H,5-6,11-12H2,1-4H3,(H,23,24)/t13-,16-/m1/s1. The minimum absolute atomic E-state index is 0.240. The lowest BCUT2D eigenvalue weighted by Crippen LogP contribution is -2.55. The zero-order valence-corrected chi connectivity index (χ0v) is 14.9. The van der Waals surface area contributed by atoms with E-state index in [1.807, 2.05) is 0 Å². The second-order valence-corrected chi connectivity index (χ2v) is 7.07. The van der Waals surface area contributed by atoms with E-state index in [9.17, 15) is 19.4 Å². The van der Waals surface area contributed by atoms with Crippen LogP contribution in [-0.4, -0.2) is 52.0 Å². The predicted octanol–water partition coefficient (Wildman–Crippen LogP) is 2.88. The summed E-state index contributed by atoms with van der Waals surface area (Å²) in [4.78, 5) is 12.7. The van der Waals surface area contributed by atoms with E-state index in [2.05, 4.69) is 5.32 Å². The zero-order valence-electron chi connectivity index (χ0n) is 14.9. The first-order chi connectivity index (χ1) is 11.1. The molecule has 0 heterocycles. The van der Waals surface area contributed by atoms with Crippen molar-refractivity contribution in [3.8, 4) is 0 Å². The maximum absolute atomic E-state index is 12.8. The van der Waals surface area contributed by atoms with Crippen molar-refractivity contribution in [2.75, 3.05) is 13.1 Å². The van der Waals surface area contributed by atoms with Crippen LogP contribution >= 0.6 is 0 Å². The Bertz CT molecular complexity index is 514. The second kappa shape index (κ2) is 8.99. The Hall–Kier alpha value is -1.66. The van der Waals surface area contributed by atoms with Crippen LogP contribution in [-0.2, 0) is 6.42 Å². The van der Waals surface area contributed by atoms with Crippen LogP contribution in [0.15, 0.2) is 24.3 Å². The number of nitrogens with one attached hydrogen (secondary N) is 1. The molecule has 0 saturated carbocycles. The maximum atomic E-state index is 12.8. The van der Waals surface area contributed by atoms with Crippen molar-refractivity contribution < 1.29 is 19.4 Å². The lowest BCUT2D eigenvalue weighted by molar-refractivity contribution is 0.0154. The normalized spacial score (nSPS) is 14.2. The third kappa shape index (κ3) is 6.45. The summed E-state index contributed by atoms with van der Waals surface area (Å²) in [5.41, 5.74) is 0.492. The number of nitrogens with zero attached hydrogens (tertiary/aromatic N) is 1. The van der Waals surface area contributed by atoms with Crippen LogP contribution in [0.2, 0.25) is 0 Å². The summed E-state index contributed by atoms with van der Waals surface area (Å²) < 4.78 is 12.8. The van der Waals surface area contributed by atoms with E-state index in [1.54, 1.807) is 39.8 Å². The quantitative estimate of drug-likeness (QED) is 0.636. The molecule has 0 aliphatic carbocycles. The van der Waals surface area contributed by atoms with Crippen molar-refractivity contribution >= 4 is 6.09 Å². The van der Waals surface area contributed by atoms with E-state index in [4.69, 9.17) is 0 Å². The molecule has 0 aliphatic heterocycles. The van der Waals surface area contributed by atoms with E-state index in [0.717, 1.165) is 18.4 Å². The lowest BCUT2D eigenvalue weighted by Gasteiger charge is -2.40. The van der Waals surface area contributed by atoms with Crippen LogP contribution in [0.3, 0.4) is 0 Å². The average molecular weight is 340 g/mol. The summed E-state index contributed by atoms with van der Waals surface area (Å²) in [5, 5.41) is 22.7. The Morgan fingerprint density at radius 1 is 1.29 bits per heavy atom. The minimum atomic E-state index is -1.04. The number of carboxylic acid groups (broad SMARTS) is 1. The van der Waals surface area contributed by atoms with Gasteiger partial charge in [0.1, 0.15) is 5.82 Å². The van der Waals surface area contributed by atoms with Gasteiger partial charge in [0.15, 0.2) is 0 Å². The van der Waals surface area contributed by atoms with Gasteiger partial charge in [0.05, 0.1) is 12.1 Å². The molecule has 1 aromatic rings. The molecule has 0 aliphatic rings. The highest BCUT2D eigenvalue weighted by molar-refractivity contribution is 5.66. The van der Waals surface area contributed by atoms with Crippen LogP contribution < -0.4 is 5.32 Å². The first-order valence-corrected chi connectivity index (χ1v) is 8.28. The molecule has 1 amide bonds. The maximum Gasteiger partial charge on any atom is 0.408 e. The summed E-state index contributed by atoms with van der Waals surface area (Å²) in [6.07, 6.45) is -0.145. The van der Waals surface area contributed by atoms with Gasteiger partial charge in [-0.25, -0.2) is 9.18 Å². The summed E-state index contributed by atoms with van der Waals surface area (Å²) >= 11 is 0. The van der Waals surface area contributed by atoms with Crippen LogP contribution in [0.4, 0.5) is 9.18 Å². The number of aryl methyl sites for hydroxylation is 1. The lowest BCUT2D eigenvalue weighted by atomic mass is 10.0. The number of hydrogen-bond donors (Lipinski definition) is 3. The van der Waals surface area contributed by atoms with Gasteiger partial charge >= 0.3 is 6.09 Å². The fourth-order valence-electron chi connectivity index (χ4n) is 2.73. The van der Waals surface area contributed by atoms with Crippen molar-refractivity contribution in [1.29, 1.82) is 0 Å². The topological polar surface area (TPSA) is 72.8 Å². The number of hydrogen-bond acceptors (Lipinski definition) is 3. The van der Waals surface area contributed by atoms with E-state index in [-0.39, 0.29) is 5.82 Å². The highest BCUT2D eigenvalue weighted by atomic mass is 19.1. The molecule has 24 heavy (non-hydrogen) atoms. The number of carbonyl (C=O) groups is 1. The summed E-state index contributed by atoms with van der Waals surface area (Å²) in [5.74, 6) is -0.240. The van der Waals surface area contributed by atoms with Crippen molar-refractivity contribution in [2.24, 2.45) is 0 Å². The Balaban J connectivity index is 2.35. The molecule has 1 rings (SSSR count). The zero-order chi connectivity index (χ0) is 18.3. The van der Waals surface area contributed by atoms with Gasteiger partial charge in [-0.3, -0.25) is 4.90 Å². The molecule has 136 valence electrons. The summed E-state index contributed by atoms with van der Waals surface area (Å²) in [7, 11) is 0. The van der Waals surface area contributed by atoms with Gasteiger partial charge in [-0.2, -0.15) is 0 Å². The van der Waals surface area contributed by atoms with Crippen molar-refractivity contribution in [3.63, 3.8) is 0 Å². The van der Waals surface area contributed by atoms with Crippen LogP contribution in [0, 0.1) is 5.82 Å². The molecular weight excluding hydrogens is 311 g/mol. The van der Waals surface area contributed by atoms with Crippen LogP contribution in [0.25, 0.3) is 0 Å². The molecule has 0 spiro atoms. The van der Waals surface area contributed by atoms with Gasteiger partial charge in [0.2, 0.25) is 0 Å². The van der Waals surface area contributed by atoms with E-state index in [1.165, 1.54) is 17.0 Å². The molecule has 6 heteroatoms. The first kappa shape index (κ1) is 20.4. The number of amides is 1. The number of halogens is 1. The molecule has 2 atom stereocenters. The Morgan fingerprint density at radius 2 is 1.88 bits per heavy atom. The highest BCUT2D eigenvalue weighted by Gasteiger charge is 2.34. The average Bonchev–Trinajstić information content (AvgIpc) is 2.46. The third-order valence-corrected chi connectivity index (χ3v) is 3.98. The SMILES string of the molecule is C[C@H]([C@H](O)CNCCCc1ccc(F)cc1)N(C(=O)O)C(C)(C)C. The molecule has 0 aromatic heterocycles. The summed E-state index contributed by atoms with van der Waals surface area (Å²) in [6.45, 7) is 8.15. The minimum Gasteiger partial charge on any atom is -0.465 e. The number of aliphatic hydroxyl groups is 1. The molecule has 0 bridgehead atoms. The largest absolute Gasteiger partial charge is 0.465 e. The van der Waals surface area contributed by atoms with Crippen molar-refractivity contribution in [3.05, 3.63) is 35.6 Å². The molecule has 0 radical (unpaired) electrons. The predicted molar refractivity (Wildman–Crippen MR) is 92.7 cm³/mol. The van der Waals surface area contributed by atoms with Gasteiger partial charge in [-0.15, -0.1) is 0 Å². The first-order valence-electron chi connectivity index (χ1n) is 8.28. The Morgan fingerprint density at radius 3 is 2.38 bits per heavy atom. The molecule has 1 aromatic carbocycles. The van der Waals surface area contributed by atoms with Crippen molar-refractivity contribution in [2.45, 2.75) is 58.2 Å². The molecule has 5 nitrogen and oxygen atoms in total. The van der Waals surface area contributed by atoms with Gasteiger partial charge in [-0.05, 0) is 64.8 Å². The fraction of sp³-hybridized carbons (Fsp3) is 0.611. The van der Waals surface area contributed by atoms with E-state index >= 15 is 0 Å². The fourth-order valence-corrected chi connectivity index (χ4v) is 2.73. The van der Waals surface area contributed by atoms with Gasteiger partial charge in [0, 0.05) is 12.1 Å². The second-order valence-electron chi connectivity index (χ2n) is 7.07. The van der Waals surface area contributed by atoms with Crippen LogP contribution in [0.5, 0.6) is 0 Å². The molecule has 0 fully saturated rings. The van der Waals surface area contributed by atoms with Gasteiger partial charge in [0.25, 0.3) is 0 Å². The third-order valence-electron chi connectivity index (χ3n) is 3.98. The van der Waals surface area contributed by atoms with E-state index in [0.29, 0.717) is 13.1 Å². The number of benzene rings is 1. The van der Waals surface area contributed by atoms with Crippen LogP contribution in [0.1, 0.15) is 39.7 Å². The highest BCUT2D eigenvalue weighted by Crippen LogP contribution is 2.19. The van der Waals surface area contributed by atoms with Gasteiger partial charge in [-0.1, -0.05) is 12.1 Å². The van der Waals surface area contributed by atoms with Crippen molar-refractivity contribution in [1.82, 2.24) is 10.2 Å². The molecular formula is C18H29FN2O3. The van der Waals surface area contributed by atoms with Gasteiger partial charge < -0.3 is 15.5 Å².